The number of carbonyl (C=O) groups excluding carboxylic acids is 2. The van der Waals surface area contributed by atoms with E-state index in [0.717, 1.165) is 13.1 Å². The smallest absolute Gasteiger partial charge is 0.239 e. The molecule has 0 aromatic carbocycles. The standard InChI is InChI=1S/C10H20N4O2/c1-8(11)10(16)14-5-3-13(4-6-14)7-9(15)12-2/h8H,3-7,11H2,1-2H3,(H,12,15)/t8-/m0/s1. The lowest BCUT2D eigenvalue weighted by Gasteiger charge is -2.35. The molecule has 0 spiro atoms. The molecule has 1 aliphatic heterocycles. The molecule has 3 N–H and O–H groups in total. The quantitative estimate of drug-likeness (QED) is 0.599. The summed E-state index contributed by atoms with van der Waals surface area (Å²) >= 11 is 0. The first-order valence-electron chi connectivity index (χ1n) is 5.52. The zero-order valence-corrected chi connectivity index (χ0v) is 9.90. The van der Waals surface area contributed by atoms with E-state index in [0.29, 0.717) is 19.6 Å². The second-order valence-corrected chi connectivity index (χ2v) is 4.06. The van der Waals surface area contributed by atoms with Crippen molar-refractivity contribution in [1.82, 2.24) is 15.1 Å². The number of hydrogen-bond acceptors (Lipinski definition) is 4. The molecule has 0 radical (unpaired) electrons. The molecule has 0 aromatic heterocycles. The van der Waals surface area contributed by atoms with Crippen molar-refractivity contribution < 1.29 is 9.59 Å². The van der Waals surface area contributed by atoms with E-state index in [1.165, 1.54) is 0 Å². The molecule has 1 fully saturated rings. The maximum absolute atomic E-state index is 11.6. The third kappa shape index (κ3) is 3.46. The topological polar surface area (TPSA) is 78.7 Å². The first-order valence-corrected chi connectivity index (χ1v) is 5.52. The van der Waals surface area contributed by atoms with Crippen molar-refractivity contribution in [2.75, 3.05) is 39.8 Å². The Morgan fingerprint density at radius 2 is 1.88 bits per heavy atom. The largest absolute Gasteiger partial charge is 0.358 e. The second kappa shape index (κ2) is 5.81. The fourth-order valence-electron chi connectivity index (χ4n) is 1.70. The van der Waals surface area contributed by atoms with Crippen molar-refractivity contribution >= 4 is 11.8 Å². The number of carbonyl (C=O) groups is 2. The number of nitrogens with one attached hydrogen (secondary N) is 1. The Morgan fingerprint density at radius 1 is 1.31 bits per heavy atom. The highest BCUT2D eigenvalue weighted by atomic mass is 16.2. The predicted octanol–water partition coefficient (Wildman–Crippen LogP) is -1.78. The monoisotopic (exact) mass is 228 g/mol. The van der Waals surface area contributed by atoms with E-state index >= 15 is 0 Å². The van der Waals surface area contributed by atoms with Crippen molar-refractivity contribution in [1.29, 1.82) is 0 Å². The van der Waals surface area contributed by atoms with E-state index in [2.05, 4.69) is 5.32 Å². The van der Waals surface area contributed by atoms with E-state index in [1.54, 1.807) is 18.9 Å². The molecule has 1 atom stereocenters. The van der Waals surface area contributed by atoms with Crippen LogP contribution in [0.3, 0.4) is 0 Å². The minimum atomic E-state index is -0.439. The highest BCUT2D eigenvalue weighted by molar-refractivity contribution is 5.81. The first kappa shape index (κ1) is 12.9. The molecule has 1 aliphatic rings. The summed E-state index contributed by atoms with van der Waals surface area (Å²) < 4.78 is 0. The molecule has 6 heteroatoms. The third-order valence-corrected chi connectivity index (χ3v) is 2.72. The normalized spacial score (nSPS) is 19.3. The summed E-state index contributed by atoms with van der Waals surface area (Å²) in [6.07, 6.45) is 0. The minimum absolute atomic E-state index is 0.00645. The Hall–Kier alpha value is -1.14. The molecule has 2 amide bonds. The molecule has 16 heavy (non-hydrogen) atoms. The molecule has 1 heterocycles. The molecule has 0 bridgehead atoms. The Bertz CT molecular complexity index is 260. The van der Waals surface area contributed by atoms with E-state index in [-0.39, 0.29) is 11.8 Å². The van der Waals surface area contributed by atoms with E-state index in [4.69, 9.17) is 5.73 Å². The van der Waals surface area contributed by atoms with E-state index in [9.17, 15) is 9.59 Å². The van der Waals surface area contributed by atoms with Crippen LogP contribution in [0, 0.1) is 0 Å². The average Bonchev–Trinajstić information content (AvgIpc) is 2.28. The molecule has 1 saturated heterocycles. The number of amides is 2. The summed E-state index contributed by atoms with van der Waals surface area (Å²) in [4.78, 5) is 26.5. The number of piperazine rings is 1. The molecule has 0 saturated carbocycles. The first-order chi connectivity index (χ1) is 7.54. The zero-order valence-electron chi connectivity index (χ0n) is 9.90. The van der Waals surface area contributed by atoms with Gasteiger partial charge in [-0.2, -0.15) is 0 Å². The average molecular weight is 228 g/mol. The SMILES string of the molecule is CNC(=O)CN1CCN(C(=O)[C@H](C)N)CC1. The summed E-state index contributed by atoms with van der Waals surface area (Å²) in [7, 11) is 1.62. The van der Waals surface area contributed by atoms with Crippen LogP contribution in [0.15, 0.2) is 0 Å². The Kier molecular flexibility index (Phi) is 4.70. The molecule has 0 aromatic rings. The van der Waals surface area contributed by atoms with Crippen LogP contribution in [0.2, 0.25) is 0 Å². The van der Waals surface area contributed by atoms with Gasteiger partial charge in [0.2, 0.25) is 11.8 Å². The van der Waals surface area contributed by atoms with Gasteiger partial charge in [-0.15, -0.1) is 0 Å². The fourth-order valence-corrected chi connectivity index (χ4v) is 1.70. The lowest BCUT2D eigenvalue weighted by atomic mass is 10.2. The number of likely N-dealkylation sites (N-methyl/N-ethyl adjacent to an activating group) is 1. The highest BCUT2D eigenvalue weighted by Crippen LogP contribution is 2.02. The second-order valence-electron chi connectivity index (χ2n) is 4.06. The summed E-state index contributed by atoms with van der Waals surface area (Å²) in [5.41, 5.74) is 5.53. The zero-order chi connectivity index (χ0) is 12.1. The molecular weight excluding hydrogens is 208 g/mol. The van der Waals surface area contributed by atoms with Gasteiger partial charge in [-0.1, -0.05) is 0 Å². The van der Waals surface area contributed by atoms with Gasteiger partial charge in [0.05, 0.1) is 12.6 Å². The molecule has 92 valence electrons. The van der Waals surface area contributed by atoms with Gasteiger partial charge < -0.3 is 16.0 Å². The minimum Gasteiger partial charge on any atom is -0.358 e. The van der Waals surface area contributed by atoms with Crippen molar-refractivity contribution in [3.8, 4) is 0 Å². The summed E-state index contributed by atoms with van der Waals surface area (Å²) in [6.45, 7) is 4.85. The van der Waals surface area contributed by atoms with Crippen molar-refractivity contribution in [3.05, 3.63) is 0 Å². The summed E-state index contributed by atoms with van der Waals surface area (Å²) in [5.74, 6) is -0.00781. The summed E-state index contributed by atoms with van der Waals surface area (Å²) in [6, 6.07) is -0.439. The van der Waals surface area contributed by atoms with Gasteiger partial charge in [-0.05, 0) is 6.92 Å². The molecular formula is C10H20N4O2. The van der Waals surface area contributed by atoms with Crippen molar-refractivity contribution in [3.63, 3.8) is 0 Å². The molecule has 0 unspecified atom stereocenters. The van der Waals surface area contributed by atoms with Crippen LogP contribution in [-0.2, 0) is 9.59 Å². The van der Waals surface area contributed by atoms with Gasteiger partial charge in [0, 0.05) is 33.2 Å². The van der Waals surface area contributed by atoms with Gasteiger partial charge in [0.1, 0.15) is 0 Å². The Balaban J connectivity index is 2.34. The molecule has 0 aliphatic carbocycles. The van der Waals surface area contributed by atoms with Crippen LogP contribution in [0.25, 0.3) is 0 Å². The van der Waals surface area contributed by atoms with Gasteiger partial charge >= 0.3 is 0 Å². The lowest BCUT2D eigenvalue weighted by molar-refractivity contribution is -0.134. The van der Waals surface area contributed by atoms with Crippen LogP contribution in [0.4, 0.5) is 0 Å². The molecule has 6 nitrogen and oxygen atoms in total. The highest BCUT2D eigenvalue weighted by Gasteiger charge is 2.23. The van der Waals surface area contributed by atoms with Crippen LogP contribution in [0.5, 0.6) is 0 Å². The van der Waals surface area contributed by atoms with Crippen LogP contribution in [-0.4, -0.2) is 67.4 Å². The Morgan fingerprint density at radius 3 is 2.31 bits per heavy atom. The van der Waals surface area contributed by atoms with Gasteiger partial charge in [-0.25, -0.2) is 0 Å². The summed E-state index contributed by atoms with van der Waals surface area (Å²) in [5, 5.41) is 2.58. The number of rotatable bonds is 3. The number of nitrogens with zero attached hydrogens (tertiary/aromatic N) is 2. The Labute approximate surface area is 95.8 Å². The van der Waals surface area contributed by atoms with Crippen molar-refractivity contribution in [2.45, 2.75) is 13.0 Å². The maximum Gasteiger partial charge on any atom is 0.239 e. The third-order valence-electron chi connectivity index (χ3n) is 2.72. The lowest BCUT2D eigenvalue weighted by Crippen LogP contribution is -2.53. The maximum atomic E-state index is 11.6. The van der Waals surface area contributed by atoms with Gasteiger partial charge in [0.15, 0.2) is 0 Å². The fraction of sp³-hybridized carbons (Fsp3) is 0.800. The van der Waals surface area contributed by atoms with Crippen LogP contribution < -0.4 is 11.1 Å². The predicted molar refractivity (Wildman–Crippen MR) is 60.7 cm³/mol. The van der Waals surface area contributed by atoms with Gasteiger partial charge in [-0.3, -0.25) is 14.5 Å². The van der Waals surface area contributed by atoms with E-state index < -0.39 is 6.04 Å². The van der Waals surface area contributed by atoms with E-state index in [1.807, 2.05) is 4.90 Å². The van der Waals surface area contributed by atoms with Crippen LogP contribution in [0.1, 0.15) is 6.92 Å². The van der Waals surface area contributed by atoms with Gasteiger partial charge in [0.25, 0.3) is 0 Å². The number of hydrogen-bond donors (Lipinski definition) is 2. The number of nitrogens with two attached hydrogens (primary N) is 1. The van der Waals surface area contributed by atoms with Crippen LogP contribution >= 0.6 is 0 Å². The molecule has 1 rings (SSSR count). The van der Waals surface area contributed by atoms with Crippen molar-refractivity contribution in [2.24, 2.45) is 5.73 Å².